The number of carbonyl (C=O) groups excluding carboxylic acids is 1. The van der Waals surface area contributed by atoms with E-state index in [4.69, 9.17) is 16.3 Å². The Kier molecular flexibility index (Phi) is 7.11. The highest BCUT2D eigenvalue weighted by Crippen LogP contribution is 2.39. The van der Waals surface area contributed by atoms with Crippen LogP contribution < -0.4 is 5.43 Å². The van der Waals surface area contributed by atoms with Gasteiger partial charge in [-0.05, 0) is 19.1 Å². The number of nitrogens with one attached hydrogen (secondary N) is 1. The van der Waals surface area contributed by atoms with Crippen molar-refractivity contribution < 1.29 is 35.9 Å². The molecule has 0 bridgehead atoms. The van der Waals surface area contributed by atoms with Crippen LogP contribution in [0.5, 0.6) is 0 Å². The molecule has 0 spiro atoms. The number of hydrazone groups is 1. The van der Waals surface area contributed by atoms with Gasteiger partial charge in [-0.3, -0.25) is 10.2 Å². The van der Waals surface area contributed by atoms with Gasteiger partial charge in [0, 0.05) is 10.9 Å². The second-order valence-corrected chi connectivity index (χ2v) is 6.68. The Hall–Kier alpha value is -2.34. The highest BCUT2D eigenvalue weighted by atomic mass is 35.5. The summed E-state index contributed by atoms with van der Waals surface area (Å²) in [4.78, 5) is 15.4. The lowest BCUT2D eigenvalue weighted by Crippen LogP contribution is -2.14. The monoisotopic (exact) mass is 459 g/mol. The number of aromatic nitrogens is 1. The molecular formula is C16H12ClF6N3O2S. The molecule has 0 aliphatic rings. The highest BCUT2D eigenvalue weighted by molar-refractivity contribution is 7.13. The average Bonchev–Trinajstić information content (AvgIpc) is 3.01. The van der Waals surface area contributed by atoms with E-state index in [-0.39, 0.29) is 24.2 Å². The minimum atomic E-state index is -5.08. The van der Waals surface area contributed by atoms with E-state index in [0.717, 1.165) is 11.3 Å². The third-order valence-electron chi connectivity index (χ3n) is 3.30. The number of nitrogens with zero attached hydrogens (tertiary/aromatic N) is 2. The van der Waals surface area contributed by atoms with E-state index in [1.807, 2.05) is 0 Å². The maximum atomic E-state index is 13.2. The minimum absolute atomic E-state index is 0.0337. The van der Waals surface area contributed by atoms with E-state index in [1.165, 1.54) is 5.38 Å². The summed E-state index contributed by atoms with van der Waals surface area (Å²) in [5.41, 5.74) is -1.13. The van der Waals surface area contributed by atoms with Crippen LogP contribution in [0, 0.1) is 0 Å². The molecule has 0 fully saturated rings. The van der Waals surface area contributed by atoms with E-state index >= 15 is 0 Å². The van der Waals surface area contributed by atoms with Crippen LogP contribution in [0.4, 0.5) is 31.5 Å². The number of halogens is 7. The van der Waals surface area contributed by atoms with Gasteiger partial charge in [0.25, 0.3) is 0 Å². The van der Waals surface area contributed by atoms with Crippen molar-refractivity contribution in [2.75, 3.05) is 12.0 Å². The number of esters is 1. The Bertz CT molecular complexity index is 911. The summed E-state index contributed by atoms with van der Waals surface area (Å²) in [6.07, 6.45) is -9.52. The van der Waals surface area contributed by atoms with Crippen molar-refractivity contribution in [3.05, 3.63) is 44.9 Å². The summed E-state index contributed by atoms with van der Waals surface area (Å²) in [7, 11) is 0. The Labute approximate surface area is 169 Å². The van der Waals surface area contributed by atoms with Crippen LogP contribution in [-0.4, -0.2) is 23.8 Å². The molecule has 1 heterocycles. The van der Waals surface area contributed by atoms with Crippen molar-refractivity contribution in [3.8, 4) is 0 Å². The number of benzene rings is 1. The normalized spacial score (nSPS) is 12.4. The smallest absolute Gasteiger partial charge is 0.417 e. The molecule has 5 nitrogen and oxygen atoms in total. The van der Waals surface area contributed by atoms with E-state index in [9.17, 15) is 31.1 Å². The zero-order valence-corrected chi connectivity index (χ0v) is 16.1. The Balaban J connectivity index is 2.22. The second-order valence-electron chi connectivity index (χ2n) is 5.41. The molecule has 0 aliphatic heterocycles. The number of carbonyl (C=O) groups is 1. The first kappa shape index (κ1) is 22.9. The van der Waals surface area contributed by atoms with E-state index in [0.29, 0.717) is 18.0 Å². The summed E-state index contributed by atoms with van der Waals surface area (Å²) in [5.74, 6) is -0.501. The average molecular weight is 460 g/mol. The van der Waals surface area contributed by atoms with Gasteiger partial charge in [0.1, 0.15) is 0 Å². The SMILES string of the molecule is CCOC(=O)Cc1csc(NN=Cc2c(Cl)cc(C(F)(F)F)cc2C(F)(F)F)n1. The van der Waals surface area contributed by atoms with Crippen molar-refractivity contribution in [3.63, 3.8) is 0 Å². The molecule has 1 aromatic heterocycles. The summed E-state index contributed by atoms with van der Waals surface area (Å²) in [6.45, 7) is 1.84. The van der Waals surface area contributed by atoms with Crippen molar-refractivity contribution >= 4 is 40.3 Å². The predicted octanol–water partition coefficient (Wildman–Crippen LogP) is 5.39. The molecule has 0 aliphatic carbocycles. The van der Waals surface area contributed by atoms with Crippen molar-refractivity contribution in [2.24, 2.45) is 5.10 Å². The fraction of sp³-hybridized carbons (Fsp3) is 0.312. The van der Waals surface area contributed by atoms with Crippen LogP contribution >= 0.6 is 22.9 Å². The number of hydrogen-bond donors (Lipinski definition) is 1. The third kappa shape index (κ3) is 6.32. The van der Waals surface area contributed by atoms with Crippen LogP contribution in [0.15, 0.2) is 22.6 Å². The number of rotatable bonds is 6. The van der Waals surface area contributed by atoms with Gasteiger partial charge in [0.15, 0.2) is 0 Å². The van der Waals surface area contributed by atoms with Crippen LogP contribution in [0.25, 0.3) is 0 Å². The molecule has 0 amide bonds. The molecular weight excluding hydrogens is 448 g/mol. The van der Waals surface area contributed by atoms with Gasteiger partial charge >= 0.3 is 18.3 Å². The van der Waals surface area contributed by atoms with Gasteiger partial charge < -0.3 is 4.74 Å². The molecule has 1 aromatic carbocycles. The quantitative estimate of drug-likeness (QED) is 0.272. The summed E-state index contributed by atoms with van der Waals surface area (Å²) < 4.78 is 82.6. The van der Waals surface area contributed by atoms with Crippen LogP contribution in [0.2, 0.25) is 5.02 Å². The fourth-order valence-electron chi connectivity index (χ4n) is 2.10. The standard InChI is InChI=1S/C16H12ClF6N3O2S/c1-2-28-13(27)5-9-7-29-14(25-9)26-24-6-10-11(16(21,22)23)3-8(4-12(10)17)15(18,19)20/h3-4,6-7H,2,5H2,1H3,(H,25,26). The van der Waals surface area contributed by atoms with Gasteiger partial charge in [0.05, 0.1) is 41.1 Å². The topological polar surface area (TPSA) is 63.6 Å². The van der Waals surface area contributed by atoms with Gasteiger partial charge in [0.2, 0.25) is 5.13 Å². The minimum Gasteiger partial charge on any atom is -0.466 e. The van der Waals surface area contributed by atoms with E-state index in [1.54, 1.807) is 6.92 Å². The summed E-state index contributed by atoms with van der Waals surface area (Å²) in [6, 6.07) is 0.354. The van der Waals surface area contributed by atoms with Gasteiger partial charge in [-0.2, -0.15) is 31.4 Å². The Morgan fingerprint density at radius 3 is 2.55 bits per heavy atom. The number of thiazole rings is 1. The first-order valence-corrected chi connectivity index (χ1v) is 9.04. The van der Waals surface area contributed by atoms with E-state index in [2.05, 4.69) is 15.5 Å². The van der Waals surface area contributed by atoms with Crippen LogP contribution in [0.3, 0.4) is 0 Å². The molecule has 0 atom stereocenters. The first-order valence-electron chi connectivity index (χ1n) is 7.78. The second kappa shape index (κ2) is 8.99. The summed E-state index contributed by atoms with van der Waals surface area (Å²) in [5, 5.41) is 4.46. The molecule has 29 heavy (non-hydrogen) atoms. The molecule has 158 valence electrons. The van der Waals surface area contributed by atoms with Crippen molar-refractivity contribution in [1.29, 1.82) is 0 Å². The van der Waals surface area contributed by atoms with Crippen molar-refractivity contribution in [2.45, 2.75) is 25.7 Å². The maximum Gasteiger partial charge on any atom is 0.417 e. The maximum absolute atomic E-state index is 13.2. The van der Waals surface area contributed by atoms with Crippen LogP contribution in [0.1, 0.15) is 29.3 Å². The Morgan fingerprint density at radius 1 is 1.28 bits per heavy atom. The zero-order valence-electron chi connectivity index (χ0n) is 14.5. The number of hydrogen-bond acceptors (Lipinski definition) is 6. The third-order valence-corrected chi connectivity index (χ3v) is 4.41. The lowest BCUT2D eigenvalue weighted by Gasteiger charge is -2.15. The molecule has 0 saturated carbocycles. The predicted molar refractivity (Wildman–Crippen MR) is 95.1 cm³/mol. The zero-order chi connectivity index (χ0) is 21.8. The number of ether oxygens (including phenoxy) is 1. The summed E-state index contributed by atoms with van der Waals surface area (Å²) >= 11 is 6.65. The van der Waals surface area contributed by atoms with Gasteiger partial charge in [-0.15, -0.1) is 11.3 Å². The molecule has 2 rings (SSSR count). The van der Waals surface area contributed by atoms with E-state index < -0.39 is 40.0 Å². The molecule has 1 N–H and O–H groups in total. The molecule has 2 aromatic rings. The number of anilines is 1. The lowest BCUT2D eigenvalue weighted by atomic mass is 10.0. The highest BCUT2D eigenvalue weighted by Gasteiger charge is 2.39. The molecule has 13 heteroatoms. The van der Waals surface area contributed by atoms with Gasteiger partial charge in [-0.1, -0.05) is 11.6 Å². The van der Waals surface area contributed by atoms with Crippen LogP contribution in [-0.2, 0) is 28.3 Å². The molecule has 0 unspecified atom stereocenters. The van der Waals surface area contributed by atoms with Crippen molar-refractivity contribution in [1.82, 2.24) is 4.98 Å². The fourth-order valence-corrected chi connectivity index (χ4v) is 3.03. The first-order chi connectivity index (χ1) is 13.4. The number of alkyl halides is 6. The van der Waals surface area contributed by atoms with Gasteiger partial charge in [-0.25, -0.2) is 4.98 Å². The molecule has 0 radical (unpaired) electrons. The largest absolute Gasteiger partial charge is 0.466 e. The molecule has 0 saturated heterocycles. The lowest BCUT2D eigenvalue weighted by molar-refractivity contribution is -0.144. The Morgan fingerprint density at radius 2 is 1.97 bits per heavy atom.